The van der Waals surface area contributed by atoms with Crippen LogP contribution in [0.2, 0.25) is 0 Å². The van der Waals surface area contributed by atoms with Gasteiger partial charge in [-0.2, -0.15) is 5.26 Å². The summed E-state index contributed by atoms with van der Waals surface area (Å²) in [5, 5.41) is 28.9. The molecule has 0 saturated carbocycles. The highest BCUT2D eigenvalue weighted by molar-refractivity contribution is 5.38. The van der Waals surface area contributed by atoms with Gasteiger partial charge in [-0.1, -0.05) is 0 Å². The molecule has 74 valence electrons. The first kappa shape index (κ1) is 10.4. The SMILES string of the molecule is N#Cc1ccc(NCC(O)CO)nc1. The summed E-state index contributed by atoms with van der Waals surface area (Å²) in [6.45, 7) is -0.0569. The molecule has 0 saturated heterocycles. The van der Waals surface area contributed by atoms with Crippen molar-refractivity contribution in [2.45, 2.75) is 6.10 Å². The van der Waals surface area contributed by atoms with Crippen LogP contribution in [0.3, 0.4) is 0 Å². The molecule has 0 aliphatic rings. The highest BCUT2D eigenvalue weighted by Crippen LogP contribution is 2.03. The summed E-state index contributed by atoms with van der Waals surface area (Å²) in [6.07, 6.45) is 0.639. The molecule has 0 fully saturated rings. The van der Waals surface area contributed by atoms with Crippen LogP contribution in [0, 0.1) is 11.3 Å². The second-order valence-corrected chi connectivity index (χ2v) is 2.76. The van der Waals surface area contributed by atoms with Gasteiger partial charge >= 0.3 is 0 Å². The number of hydrogen-bond donors (Lipinski definition) is 3. The van der Waals surface area contributed by atoms with E-state index >= 15 is 0 Å². The van der Waals surface area contributed by atoms with Crippen LogP contribution in [0.4, 0.5) is 5.82 Å². The Morgan fingerprint density at radius 1 is 1.57 bits per heavy atom. The minimum absolute atomic E-state index is 0.232. The lowest BCUT2D eigenvalue weighted by molar-refractivity contribution is 0.105. The van der Waals surface area contributed by atoms with Gasteiger partial charge in [0.1, 0.15) is 11.9 Å². The Morgan fingerprint density at radius 2 is 2.36 bits per heavy atom. The zero-order chi connectivity index (χ0) is 10.4. The third-order valence-corrected chi connectivity index (χ3v) is 1.62. The predicted molar refractivity (Wildman–Crippen MR) is 50.5 cm³/mol. The Kier molecular flexibility index (Phi) is 3.85. The van der Waals surface area contributed by atoms with Gasteiger partial charge in [-0.25, -0.2) is 4.98 Å². The number of nitrogens with one attached hydrogen (secondary N) is 1. The monoisotopic (exact) mass is 193 g/mol. The standard InChI is InChI=1S/C9H11N3O2/c10-3-7-1-2-9(11-4-7)12-5-8(14)6-13/h1-2,4,8,13-14H,5-6H2,(H,11,12). The minimum atomic E-state index is -0.799. The number of hydrogen-bond acceptors (Lipinski definition) is 5. The van der Waals surface area contributed by atoms with E-state index in [-0.39, 0.29) is 13.2 Å². The fraction of sp³-hybridized carbons (Fsp3) is 0.333. The Balaban J connectivity index is 2.49. The molecule has 5 heteroatoms. The second-order valence-electron chi connectivity index (χ2n) is 2.76. The Labute approximate surface area is 81.6 Å². The third kappa shape index (κ3) is 3.01. The summed E-state index contributed by atoms with van der Waals surface area (Å²) in [5.41, 5.74) is 0.484. The first-order chi connectivity index (χ1) is 6.76. The normalized spacial score (nSPS) is 11.8. The number of pyridine rings is 1. The van der Waals surface area contributed by atoms with E-state index in [1.165, 1.54) is 6.20 Å². The predicted octanol–water partition coefficient (Wildman–Crippen LogP) is -0.282. The summed E-state index contributed by atoms with van der Waals surface area (Å²) in [5.74, 6) is 0.566. The number of nitriles is 1. The average molecular weight is 193 g/mol. The van der Waals surface area contributed by atoms with Gasteiger partial charge in [0.2, 0.25) is 0 Å². The van der Waals surface area contributed by atoms with Gasteiger partial charge in [0, 0.05) is 12.7 Å². The third-order valence-electron chi connectivity index (χ3n) is 1.62. The molecule has 0 spiro atoms. The van der Waals surface area contributed by atoms with Crippen LogP contribution in [-0.4, -0.2) is 34.5 Å². The van der Waals surface area contributed by atoms with Crippen molar-refractivity contribution in [3.05, 3.63) is 23.9 Å². The number of rotatable bonds is 4. The first-order valence-corrected chi connectivity index (χ1v) is 4.15. The molecule has 0 radical (unpaired) electrons. The topological polar surface area (TPSA) is 89.2 Å². The molecular weight excluding hydrogens is 182 g/mol. The quantitative estimate of drug-likeness (QED) is 0.612. The van der Waals surface area contributed by atoms with Crippen molar-refractivity contribution in [1.29, 1.82) is 5.26 Å². The van der Waals surface area contributed by atoms with Crippen LogP contribution >= 0.6 is 0 Å². The zero-order valence-corrected chi connectivity index (χ0v) is 7.51. The molecule has 1 atom stereocenters. The molecular formula is C9H11N3O2. The van der Waals surface area contributed by atoms with Crippen molar-refractivity contribution in [3.8, 4) is 6.07 Å². The molecule has 0 aliphatic heterocycles. The number of anilines is 1. The van der Waals surface area contributed by atoms with E-state index < -0.39 is 6.10 Å². The number of aliphatic hydroxyl groups is 2. The fourth-order valence-electron chi connectivity index (χ4n) is 0.852. The maximum absolute atomic E-state index is 9.03. The van der Waals surface area contributed by atoms with Crippen LogP contribution in [0.15, 0.2) is 18.3 Å². The van der Waals surface area contributed by atoms with Crippen molar-refractivity contribution >= 4 is 5.82 Å². The lowest BCUT2D eigenvalue weighted by Gasteiger charge is -2.08. The Hall–Kier alpha value is -1.64. The van der Waals surface area contributed by atoms with Gasteiger partial charge in [-0.05, 0) is 12.1 Å². The molecule has 0 aliphatic carbocycles. The lowest BCUT2D eigenvalue weighted by Crippen LogP contribution is -2.23. The van der Waals surface area contributed by atoms with Crippen LogP contribution in [0.1, 0.15) is 5.56 Å². The fourth-order valence-corrected chi connectivity index (χ4v) is 0.852. The summed E-state index contributed by atoms with van der Waals surface area (Å²) < 4.78 is 0. The molecule has 1 heterocycles. The van der Waals surface area contributed by atoms with Crippen LogP contribution in [0.25, 0.3) is 0 Å². The maximum Gasteiger partial charge on any atom is 0.126 e. The summed E-state index contributed by atoms with van der Waals surface area (Å²) in [6, 6.07) is 5.22. The molecule has 0 aromatic carbocycles. The molecule has 5 nitrogen and oxygen atoms in total. The van der Waals surface area contributed by atoms with Crippen molar-refractivity contribution in [1.82, 2.24) is 4.98 Å². The highest BCUT2D eigenvalue weighted by Gasteiger charge is 2.01. The largest absolute Gasteiger partial charge is 0.394 e. The molecule has 1 aromatic heterocycles. The summed E-state index contributed by atoms with van der Waals surface area (Å²) in [4.78, 5) is 3.93. The summed E-state index contributed by atoms with van der Waals surface area (Å²) >= 11 is 0. The van der Waals surface area contributed by atoms with Crippen molar-refractivity contribution < 1.29 is 10.2 Å². The second kappa shape index (κ2) is 5.17. The van der Waals surface area contributed by atoms with E-state index in [4.69, 9.17) is 15.5 Å². The van der Waals surface area contributed by atoms with Crippen molar-refractivity contribution in [2.24, 2.45) is 0 Å². The van der Waals surface area contributed by atoms with Gasteiger partial charge < -0.3 is 15.5 Å². The molecule has 3 N–H and O–H groups in total. The molecule has 0 amide bonds. The minimum Gasteiger partial charge on any atom is -0.394 e. The van der Waals surface area contributed by atoms with Gasteiger partial charge in [-0.15, -0.1) is 0 Å². The van der Waals surface area contributed by atoms with Gasteiger partial charge in [0.05, 0.1) is 18.3 Å². The molecule has 0 bridgehead atoms. The Bertz CT molecular complexity index is 318. The molecule has 1 rings (SSSR count). The van der Waals surface area contributed by atoms with Gasteiger partial charge in [0.25, 0.3) is 0 Å². The molecule has 1 aromatic rings. The average Bonchev–Trinajstić information content (AvgIpc) is 2.26. The smallest absolute Gasteiger partial charge is 0.126 e. The van der Waals surface area contributed by atoms with Gasteiger partial charge in [-0.3, -0.25) is 0 Å². The van der Waals surface area contributed by atoms with Crippen LogP contribution in [-0.2, 0) is 0 Å². The van der Waals surface area contributed by atoms with E-state index in [2.05, 4.69) is 10.3 Å². The maximum atomic E-state index is 9.03. The van der Waals surface area contributed by atoms with Crippen molar-refractivity contribution in [3.63, 3.8) is 0 Å². The van der Waals surface area contributed by atoms with Crippen LogP contribution in [0.5, 0.6) is 0 Å². The van der Waals surface area contributed by atoms with E-state index in [0.717, 1.165) is 0 Å². The summed E-state index contributed by atoms with van der Waals surface area (Å²) in [7, 11) is 0. The first-order valence-electron chi connectivity index (χ1n) is 4.15. The molecule has 14 heavy (non-hydrogen) atoms. The molecule has 1 unspecified atom stereocenters. The number of nitrogens with zero attached hydrogens (tertiary/aromatic N) is 2. The zero-order valence-electron chi connectivity index (χ0n) is 7.51. The lowest BCUT2D eigenvalue weighted by atomic mass is 10.3. The highest BCUT2D eigenvalue weighted by atomic mass is 16.3. The van der Waals surface area contributed by atoms with Gasteiger partial charge in [0.15, 0.2) is 0 Å². The van der Waals surface area contributed by atoms with Crippen LogP contribution < -0.4 is 5.32 Å². The van der Waals surface area contributed by atoms with E-state index in [0.29, 0.717) is 11.4 Å². The Morgan fingerprint density at radius 3 is 2.86 bits per heavy atom. The van der Waals surface area contributed by atoms with E-state index in [1.807, 2.05) is 6.07 Å². The number of aliphatic hydroxyl groups excluding tert-OH is 2. The number of aromatic nitrogens is 1. The van der Waals surface area contributed by atoms with E-state index in [9.17, 15) is 0 Å². The van der Waals surface area contributed by atoms with Crippen molar-refractivity contribution in [2.75, 3.05) is 18.5 Å². The van der Waals surface area contributed by atoms with E-state index in [1.54, 1.807) is 12.1 Å².